The fourth-order valence-electron chi connectivity index (χ4n) is 2.60. The van der Waals surface area contributed by atoms with Gasteiger partial charge >= 0.3 is 0 Å². The van der Waals surface area contributed by atoms with Crippen molar-refractivity contribution in [2.45, 2.75) is 53.1 Å². The molecule has 1 fully saturated rings. The minimum Gasteiger partial charge on any atom is -0.361 e. The van der Waals surface area contributed by atoms with Gasteiger partial charge in [0.25, 0.3) is 0 Å². The molecule has 1 aromatic heterocycles. The van der Waals surface area contributed by atoms with E-state index >= 15 is 0 Å². The maximum atomic E-state index is 12.6. The third-order valence-electron chi connectivity index (χ3n) is 3.79. The van der Waals surface area contributed by atoms with Crippen molar-refractivity contribution in [2.75, 3.05) is 6.54 Å². The molecule has 2 amide bonds. The van der Waals surface area contributed by atoms with Crippen LogP contribution in [-0.4, -0.2) is 34.5 Å². The average Bonchev–Trinajstić information content (AvgIpc) is 2.65. The molecule has 1 unspecified atom stereocenters. The number of carbonyl (C=O) groups excluding carboxylic acids is 2. The highest BCUT2D eigenvalue weighted by Crippen LogP contribution is 2.18. The molecule has 1 N–H and O–H groups in total. The van der Waals surface area contributed by atoms with E-state index in [1.54, 1.807) is 4.90 Å². The van der Waals surface area contributed by atoms with Crippen molar-refractivity contribution >= 4 is 11.8 Å². The lowest BCUT2D eigenvalue weighted by Gasteiger charge is -2.24. The second kappa shape index (κ2) is 6.28. The Morgan fingerprint density at radius 1 is 1.38 bits per heavy atom. The van der Waals surface area contributed by atoms with E-state index in [4.69, 9.17) is 4.52 Å². The van der Waals surface area contributed by atoms with Crippen molar-refractivity contribution in [3.63, 3.8) is 0 Å². The van der Waals surface area contributed by atoms with Crippen LogP contribution in [0.3, 0.4) is 0 Å². The molecule has 2 rings (SSSR count). The summed E-state index contributed by atoms with van der Waals surface area (Å²) in [5.41, 5.74) is 1.73. The van der Waals surface area contributed by atoms with Gasteiger partial charge in [0.2, 0.25) is 11.8 Å². The molecule has 116 valence electrons. The van der Waals surface area contributed by atoms with Crippen molar-refractivity contribution in [3.05, 3.63) is 17.0 Å². The smallest absolute Gasteiger partial charge is 0.245 e. The van der Waals surface area contributed by atoms with Gasteiger partial charge in [-0.15, -0.1) is 0 Å². The molecule has 1 aliphatic heterocycles. The van der Waals surface area contributed by atoms with E-state index in [1.807, 2.05) is 27.7 Å². The Labute approximate surface area is 124 Å². The van der Waals surface area contributed by atoms with Crippen LogP contribution in [0.5, 0.6) is 0 Å². The Hall–Kier alpha value is -1.85. The first-order valence-electron chi connectivity index (χ1n) is 7.38. The minimum atomic E-state index is -0.430. The van der Waals surface area contributed by atoms with Gasteiger partial charge in [-0.2, -0.15) is 0 Å². The summed E-state index contributed by atoms with van der Waals surface area (Å²) in [6, 6.07) is -0.430. The lowest BCUT2D eigenvalue weighted by molar-refractivity contribution is -0.134. The molecule has 1 aromatic rings. The zero-order valence-electron chi connectivity index (χ0n) is 13.1. The van der Waals surface area contributed by atoms with Crippen LogP contribution in [0.2, 0.25) is 0 Å². The normalized spacial score (nSPS) is 19.9. The molecule has 0 aromatic carbocycles. The molecule has 0 aliphatic carbocycles. The number of nitrogens with one attached hydrogen (secondary N) is 1. The second-order valence-corrected chi connectivity index (χ2v) is 6.06. The van der Waals surface area contributed by atoms with Gasteiger partial charge in [0.1, 0.15) is 11.8 Å². The molecule has 0 spiro atoms. The fourth-order valence-corrected chi connectivity index (χ4v) is 2.60. The zero-order valence-corrected chi connectivity index (χ0v) is 13.1. The third kappa shape index (κ3) is 3.62. The Bertz CT molecular complexity index is 517. The van der Waals surface area contributed by atoms with E-state index in [-0.39, 0.29) is 11.8 Å². The largest absolute Gasteiger partial charge is 0.361 e. The Balaban J connectivity index is 2.17. The number of rotatable bonds is 4. The van der Waals surface area contributed by atoms with E-state index < -0.39 is 6.04 Å². The second-order valence-electron chi connectivity index (χ2n) is 6.06. The number of hydrogen-bond acceptors (Lipinski definition) is 4. The predicted molar refractivity (Wildman–Crippen MR) is 77.4 cm³/mol. The summed E-state index contributed by atoms with van der Waals surface area (Å²) in [6.07, 6.45) is 0.992. The lowest BCUT2D eigenvalue weighted by atomic mass is 10.0. The molecule has 6 nitrogen and oxygen atoms in total. The van der Waals surface area contributed by atoms with Gasteiger partial charge in [-0.3, -0.25) is 9.59 Å². The van der Waals surface area contributed by atoms with E-state index in [0.717, 1.165) is 17.0 Å². The molecule has 0 radical (unpaired) electrons. The van der Waals surface area contributed by atoms with E-state index in [2.05, 4.69) is 10.5 Å². The summed E-state index contributed by atoms with van der Waals surface area (Å²) < 4.78 is 5.15. The lowest BCUT2D eigenvalue weighted by Crippen LogP contribution is -2.45. The van der Waals surface area contributed by atoms with Crippen molar-refractivity contribution < 1.29 is 14.1 Å². The number of nitrogens with zero attached hydrogens (tertiary/aromatic N) is 2. The van der Waals surface area contributed by atoms with E-state index in [1.165, 1.54) is 0 Å². The van der Waals surface area contributed by atoms with Crippen molar-refractivity contribution in [2.24, 2.45) is 5.92 Å². The average molecular weight is 293 g/mol. The summed E-state index contributed by atoms with van der Waals surface area (Å²) in [7, 11) is 0. The first-order valence-corrected chi connectivity index (χ1v) is 7.38. The topological polar surface area (TPSA) is 75.4 Å². The number of hydrogen-bond donors (Lipinski definition) is 1. The van der Waals surface area contributed by atoms with Gasteiger partial charge in [0.15, 0.2) is 0 Å². The Morgan fingerprint density at radius 3 is 2.67 bits per heavy atom. The van der Waals surface area contributed by atoms with E-state index in [0.29, 0.717) is 31.8 Å². The Kier molecular flexibility index (Phi) is 4.65. The van der Waals surface area contributed by atoms with Gasteiger partial charge in [0, 0.05) is 18.5 Å². The Morgan fingerprint density at radius 2 is 2.10 bits per heavy atom. The maximum Gasteiger partial charge on any atom is 0.245 e. The molecule has 6 heteroatoms. The molecule has 1 atom stereocenters. The molecular formula is C15H23N3O3. The van der Waals surface area contributed by atoms with Crippen molar-refractivity contribution in [3.8, 4) is 0 Å². The molecular weight excluding hydrogens is 270 g/mol. The van der Waals surface area contributed by atoms with Gasteiger partial charge in [-0.1, -0.05) is 19.0 Å². The zero-order chi connectivity index (χ0) is 15.6. The van der Waals surface area contributed by atoms with Crippen molar-refractivity contribution in [1.82, 2.24) is 15.4 Å². The third-order valence-corrected chi connectivity index (χ3v) is 3.79. The van der Waals surface area contributed by atoms with Crippen LogP contribution < -0.4 is 5.32 Å². The number of aromatic nitrogens is 1. The molecule has 0 saturated carbocycles. The monoisotopic (exact) mass is 293 g/mol. The van der Waals surface area contributed by atoms with Crippen LogP contribution in [0.25, 0.3) is 0 Å². The SMILES string of the molecule is Cc1noc(C)c1CN1CCC(=O)NC(CC(C)C)C1=O. The summed E-state index contributed by atoms with van der Waals surface area (Å²) in [5.74, 6) is 0.993. The number of carbonyl (C=O) groups is 2. The van der Waals surface area contributed by atoms with Gasteiger partial charge in [0.05, 0.1) is 12.2 Å². The minimum absolute atomic E-state index is 0.0189. The first-order chi connectivity index (χ1) is 9.88. The molecule has 2 heterocycles. The maximum absolute atomic E-state index is 12.6. The summed E-state index contributed by atoms with van der Waals surface area (Å²) in [5, 5.41) is 6.75. The van der Waals surface area contributed by atoms with Gasteiger partial charge < -0.3 is 14.7 Å². The molecule has 1 saturated heterocycles. The van der Waals surface area contributed by atoms with Crippen molar-refractivity contribution in [1.29, 1.82) is 0 Å². The van der Waals surface area contributed by atoms with Crippen LogP contribution >= 0.6 is 0 Å². The molecule has 1 aliphatic rings. The fraction of sp³-hybridized carbons (Fsp3) is 0.667. The number of aryl methyl sites for hydroxylation is 2. The standard InChI is InChI=1S/C15H23N3O3/c1-9(2)7-13-15(20)18(6-5-14(19)16-13)8-12-10(3)17-21-11(12)4/h9,13H,5-8H2,1-4H3,(H,16,19). The highest BCUT2D eigenvalue weighted by molar-refractivity contribution is 5.89. The number of amides is 2. The molecule has 21 heavy (non-hydrogen) atoms. The summed E-state index contributed by atoms with van der Waals surface area (Å²) in [4.78, 5) is 26.2. The van der Waals surface area contributed by atoms with Crippen LogP contribution in [0.15, 0.2) is 4.52 Å². The van der Waals surface area contributed by atoms with Crippen LogP contribution in [-0.2, 0) is 16.1 Å². The first kappa shape index (κ1) is 15.5. The van der Waals surface area contributed by atoms with E-state index in [9.17, 15) is 9.59 Å². The summed E-state index contributed by atoms with van der Waals surface area (Å²) in [6.45, 7) is 8.68. The summed E-state index contributed by atoms with van der Waals surface area (Å²) >= 11 is 0. The highest BCUT2D eigenvalue weighted by Gasteiger charge is 2.31. The quantitative estimate of drug-likeness (QED) is 0.914. The molecule has 0 bridgehead atoms. The van der Waals surface area contributed by atoms with Crippen LogP contribution in [0.1, 0.15) is 43.7 Å². The highest BCUT2D eigenvalue weighted by atomic mass is 16.5. The van der Waals surface area contributed by atoms with Gasteiger partial charge in [-0.05, 0) is 26.2 Å². The predicted octanol–water partition coefficient (Wildman–Crippen LogP) is 1.55. The van der Waals surface area contributed by atoms with Crippen LogP contribution in [0.4, 0.5) is 0 Å². The van der Waals surface area contributed by atoms with Gasteiger partial charge in [-0.25, -0.2) is 0 Å². The van der Waals surface area contributed by atoms with Crippen LogP contribution in [0, 0.1) is 19.8 Å².